The normalized spacial score (nSPS) is 11.8. The number of nitrogens with zero attached hydrogens (tertiary/aromatic N) is 3. The smallest absolute Gasteiger partial charge is 0.433 e. The summed E-state index contributed by atoms with van der Waals surface area (Å²) in [4.78, 5) is 0. The zero-order valence-corrected chi connectivity index (χ0v) is 12.8. The molecule has 0 aromatic carbocycles. The van der Waals surface area contributed by atoms with Crippen LogP contribution in [0.25, 0.3) is 11.4 Å². The van der Waals surface area contributed by atoms with Crippen molar-refractivity contribution in [1.82, 2.24) is 9.78 Å². The van der Waals surface area contributed by atoms with E-state index in [4.69, 9.17) is 0 Å². The molecule has 0 saturated heterocycles. The molecule has 0 radical (unpaired) electrons. The number of halogens is 5. The molecule has 0 saturated carbocycles. The quantitative estimate of drug-likeness (QED) is 0.462. The first-order valence-electron chi connectivity index (χ1n) is 6.59. The van der Waals surface area contributed by atoms with Crippen LogP contribution in [0.5, 0.6) is 0 Å². The van der Waals surface area contributed by atoms with E-state index < -0.39 is 23.9 Å². The van der Waals surface area contributed by atoms with Crippen molar-refractivity contribution < 1.29 is 26.7 Å². The Balaban J connectivity index is 0.00000288. The molecule has 2 aromatic heterocycles. The Bertz CT molecular complexity index is 766. The van der Waals surface area contributed by atoms with Crippen LogP contribution in [0.3, 0.4) is 0 Å². The molecule has 24 heavy (non-hydrogen) atoms. The lowest BCUT2D eigenvalue weighted by molar-refractivity contribution is -0.602. The van der Waals surface area contributed by atoms with Crippen molar-refractivity contribution in [2.45, 2.75) is 40.8 Å². The third-order valence-corrected chi connectivity index (χ3v) is 3.68. The Hall–Kier alpha value is -2.19. The first-order chi connectivity index (χ1) is 10.5. The Morgan fingerprint density at radius 3 is 2.17 bits per heavy atom. The Morgan fingerprint density at radius 1 is 1.21 bits per heavy atom. The van der Waals surface area contributed by atoms with Gasteiger partial charge in [0.1, 0.15) is 5.69 Å². The van der Waals surface area contributed by atoms with Gasteiger partial charge in [0, 0.05) is 25.1 Å². The summed E-state index contributed by atoms with van der Waals surface area (Å²) in [7, 11) is 1.12. The second-order valence-corrected chi connectivity index (χ2v) is 5.26. The molecule has 9 heteroatoms. The van der Waals surface area contributed by atoms with Gasteiger partial charge in [-0.2, -0.15) is 23.0 Å². The van der Waals surface area contributed by atoms with Gasteiger partial charge < -0.3 is 5.21 Å². The fourth-order valence-corrected chi connectivity index (χ4v) is 2.61. The van der Waals surface area contributed by atoms with E-state index in [0.29, 0.717) is 4.68 Å². The number of aromatic nitrogens is 3. The summed E-state index contributed by atoms with van der Waals surface area (Å²) >= 11 is 0. The van der Waals surface area contributed by atoms with Crippen molar-refractivity contribution in [3.05, 3.63) is 39.4 Å². The lowest BCUT2D eigenvalue weighted by Crippen LogP contribution is -2.35. The van der Waals surface area contributed by atoms with Crippen LogP contribution < -0.4 is 4.73 Å². The molecule has 0 aliphatic rings. The lowest BCUT2D eigenvalue weighted by Gasteiger charge is -2.12. The van der Waals surface area contributed by atoms with Gasteiger partial charge in [-0.1, -0.05) is 7.43 Å². The fraction of sp³-hybridized carbons (Fsp3) is 0.467. The van der Waals surface area contributed by atoms with E-state index in [1.165, 1.54) is 20.8 Å². The largest absolute Gasteiger partial charge is 0.618 e. The molecule has 2 rings (SSSR count). The molecule has 134 valence electrons. The third-order valence-electron chi connectivity index (χ3n) is 3.68. The van der Waals surface area contributed by atoms with Crippen LogP contribution in [-0.2, 0) is 13.2 Å². The van der Waals surface area contributed by atoms with Crippen LogP contribution in [0.15, 0.2) is 6.07 Å². The van der Waals surface area contributed by atoms with E-state index in [1.54, 1.807) is 0 Å². The minimum Gasteiger partial charge on any atom is -0.618 e. The first-order valence-corrected chi connectivity index (χ1v) is 6.59. The van der Waals surface area contributed by atoms with Crippen LogP contribution in [0.1, 0.15) is 41.9 Å². The maximum Gasteiger partial charge on any atom is 0.433 e. The minimum atomic E-state index is -4.64. The molecule has 0 aliphatic heterocycles. The van der Waals surface area contributed by atoms with Crippen LogP contribution in [0.2, 0.25) is 0 Å². The monoisotopic (exact) mass is 351 g/mol. The number of pyridine rings is 1. The van der Waals surface area contributed by atoms with Crippen molar-refractivity contribution in [3.63, 3.8) is 0 Å². The summed E-state index contributed by atoms with van der Waals surface area (Å²) in [5.41, 5.74) is -2.12. The van der Waals surface area contributed by atoms with Crippen molar-refractivity contribution in [2.75, 3.05) is 0 Å². The molecule has 0 unspecified atom stereocenters. The van der Waals surface area contributed by atoms with Gasteiger partial charge in [0.15, 0.2) is 11.4 Å². The van der Waals surface area contributed by atoms with Gasteiger partial charge in [-0.15, -0.1) is 0 Å². The Kier molecular flexibility index (Phi) is 5.27. The maximum absolute atomic E-state index is 13.0. The van der Waals surface area contributed by atoms with E-state index in [-0.39, 0.29) is 40.4 Å². The van der Waals surface area contributed by atoms with Crippen molar-refractivity contribution in [2.24, 2.45) is 7.05 Å². The first kappa shape index (κ1) is 19.9. The summed E-state index contributed by atoms with van der Waals surface area (Å²) in [6, 6.07) is 1.10. The topological polar surface area (TPSA) is 44.8 Å². The number of aryl methyl sites for hydroxylation is 2. The number of alkyl halides is 5. The van der Waals surface area contributed by atoms with Gasteiger partial charge in [-0.05, 0) is 19.9 Å². The molecule has 0 bridgehead atoms. The molecule has 0 N–H and O–H groups in total. The van der Waals surface area contributed by atoms with E-state index in [0.717, 1.165) is 13.1 Å². The minimum absolute atomic E-state index is 0. The third kappa shape index (κ3) is 3.07. The highest BCUT2D eigenvalue weighted by atomic mass is 19.4. The van der Waals surface area contributed by atoms with Crippen molar-refractivity contribution in [1.29, 1.82) is 0 Å². The Labute approximate surface area is 136 Å². The average Bonchev–Trinajstić information content (AvgIpc) is 2.68. The summed E-state index contributed by atoms with van der Waals surface area (Å²) in [6.07, 6.45) is -7.48. The highest BCUT2D eigenvalue weighted by Crippen LogP contribution is 2.36. The van der Waals surface area contributed by atoms with Gasteiger partial charge in [0.2, 0.25) is 5.69 Å². The Morgan fingerprint density at radius 2 is 1.75 bits per heavy atom. The molecule has 0 spiro atoms. The molecule has 0 aliphatic carbocycles. The molecular formula is C15H18F5N3O. The van der Waals surface area contributed by atoms with Gasteiger partial charge in [-0.3, -0.25) is 4.68 Å². The molecule has 2 heterocycles. The zero-order valence-electron chi connectivity index (χ0n) is 12.8. The molecule has 0 amide bonds. The van der Waals surface area contributed by atoms with Gasteiger partial charge in [0.25, 0.3) is 6.43 Å². The second-order valence-electron chi connectivity index (χ2n) is 5.26. The van der Waals surface area contributed by atoms with Crippen LogP contribution in [0.4, 0.5) is 22.0 Å². The van der Waals surface area contributed by atoms with Gasteiger partial charge in [-0.25, -0.2) is 8.78 Å². The highest BCUT2D eigenvalue weighted by Gasteiger charge is 2.39. The van der Waals surface area contributed by atoms with Crippen LogP contribution >= 0.6 is 0 Å². The number of rotatable bonds is 2. The van der Waals surface area contributed by atoms with Crippen LogP contribution in [-0.4, -0.2) is 9.78 Å². The second kappa shape index (κ2) is 6.37. The molecule has 0 atom stereocenters. The predicted molar refractivity (Wildman–Crippen MR) is 78.5 cm³/mol. The fourth-order valence-electron chi connectivity index (χ4n) is 2.61. The summed E-state index contributed by atoms with van der Waals surface area (Å²) in [6.45, 7) is 3.78. The molecule has 4 nitrogen and oxygen atoms in total. The summed E-state index contributed by atoms with van der Waals surface area (Å²) in [5, 5.41) is 16.1. The number of hydrogen-bond acceptors (Lipinski definition) is 2. The lowest BCUT2D eigenvalue weighted by atomic mass is 10.0. The van der Waals surface area contributed by atoms with E-state index >= 15 is 0 Å². The predicted octanol–water partition coefficient (Wildman–Crippen LogP) is 4.24. The molecular weight excluding hydrogens is 333 g/mol. The van der Waals surface area contributed by atoms with Crippen molar-refractivity contribution >= 4 is 0 Å². The summed E-state index contributed by atoms with van der Waals surface area (Å²) in [5.74, 6) is 0. The van der Waals surface area contributed by atoms with E-state index in [9.17, 15) is 27.2 Å². The van der Waals surface area contributed by atoms with E-state index in [1.807, 2.05) is 0 Å². The summed E-state index contributed by atoms with van der Waals surface area (Å²) < 4.78 is 65.8. The van der Waals surface area contributed by atoms with Gasteiger partial charge in [0.05, 0.1) is 5.56 Å². The standard InChI is InChI=1S/C14H14F5N3O.CH4/c1-6-5-9(13(15)16)8(3)22(23)11(6)10-7(2)12(14(17,18)19)21(4)20-10;/h5,13H,1-4H3;1H4. The maximum atomic E-state index is 13.0. The zero-order chi connectivity index (χ0) is 17.7. The SMILES string of the molecule is C.Cc1cc(C(F)F)c(C)[n+]([O-])c1-c1nn(C)c(C(F)(F)F)c1C. The van der Waals surface area contributed by atoms with Gasteiger partial charge >= 0.3 is 6.18 Å². The van der Waals surface area contributed by atoms with Crippen molar-refractivity contribution in [3.8, 4) is 11.4 Å². The van der Waals surface area contributed by atoms with E-state index in [2.05, 4.69) is 5.10 Å². The van der Waals surface area contributed by atoms with Crippen LogP contribution in [0, 0.1) is 26.0 Å². The molecule has 0 fully saturated rings. The average molecular weight is 351 g/mol. The highest BCUT2D eigenvalue weighted by molar-refractivity contribution is 5.61. The number of hydrogen-bond donors (Lipinski definition) is 0. The molecule has 2 aromatic rings.